The first kappa shape index (κ1) is 21.6. The Morgan fingerprint density at radius 1 is 1.00 bits per heavy atom. The number of hydrogen-bond donors (Lipinski definition) is 1. The van der Waals surface area contributed by atoms with Crippen LogP contribution in [0.4, 0.5) is 5.00 Å². The maximum absolute atomic E-state index is 13.0. The second-order valence-corrected chi connectivity index (χ2v) is 7.73. The molecule has 3 aromatic rings. The fraction of sp³-hybridized carbons (Fsp3) is 0.318. The molecule has 1 aromatic carbocycles. The third-order valence-electron chi connectivity index (χ3n) is 4.61. The third kappa shape index (κ3) is 3.95. The van der Waals surface area contributed by atoms with Gasteiger partial charge in [0.25, 0.3) is 5.91 Å². The molecule has 7 nitrogen and oxygen atoms in total. The number of esters is 2. The minimum absolute atomic E-state index is 0.142. The topological polar surface area (TPSA) is 94.8 Å². The molecule has 1 amide bonds. The van der Waals surface area contributed by atoms with Crippen LogP contribution in [0.1, 0.15) is 61.1 Å². The van der Waals surface area contributed by atoms with E-state index in [9.17, 15) is 14.4 Å². The highest BCUT2D eigenvalue weighted by atomic mass is 32.1. The molecular formula is C22H23NO6S. The van der Waals surface area contributed by atoms with Crippen molar-refractivity contribution in [1.29, 1.82) is 0 Å². The minimum atomic E-state index is -0.617. The molecular weight excluding hydrogens is 406 g/mol. The van der Waals surface area contributed by atoms with Gasteiger partial charge in [0.1, 0.15) is 15.5 Å². The van der Waals surface area contributed by atoms with Gasteiger partial charge in [-0.15, -0.1) is 11.3 Å². The molecule has 158 valence electrons. The first-order chi connectivity index (χ1) is 14.3. The quantitative estimate of drug-likeness (QED) is 0.553. The van der Waals surface area contributed by atoms with Crippen LogP contribution >= 0.6 is 11.3 Å². The Labute approximate surface area is 178 Å². The highest BCUT2D eigenvalue weighted by Gasteiger charge is 2.28. The number of nitrogens with one attached hydrogen (secondary N) is 1. The van der Waals surface area contributed by atoms with Crippen molar-refractivity contribution in [2.45, 2.75) is 34.6 Å². The summed E-state index contributed by atoms with van der Waals surface area (Å²) < 4.78 is 15.9. The van der Waals surface area contributed by atoms with Crippen LogP contribution in [-0.2, 0) is 9.47 Å². The van der Waals surface area contributed by atoms with E-state index in [1.54, 1.807) is 27.7 Å². The molecule has 3 rings (SSSR count). The number of carbonyl (C=O) groups is 3. The van der Waals surface area contributed by atoms with Crippen molar-refractivity contribution in [3.05, 3.63) is 51.1 Å². The number of anilines is 1. The van der Waals surface area contributed by atoms with Gasteiger partial charge >= 0.3 is 11.9 Å². The summed E-state index contributed by atoms with van der Waals surface area (Å²) in [6.45, 7) is 9.11. The molecule has 0 unspecified atom stereocenters. The fourth-order valence-corrected chi connectivity index (χ4v) is 4.23. The Bertz CT molecular complexity index is 1140. The number of rotatable bonds is 6. The largest absolute Gasteiger partial charge is 0.462 e. The van der Waals surface area contributed by atoms with Crippen LogP contribution in [0.25, 0.3) is 11.0 Å². The number of furan rings is 1. The lowest BCUT2D eigenvalue weighted by Gasteiger charge is -2.06. The molecule has 0 radical (unpaired) electrons. The van der Waals surface area contributed by atoms with Gasteiger partial charge in [0, 0.05) is 10.9 Å². The van der Waals surface area contributed by atoms with Crippen molar-refractivity contribution in [3.8, 4) is 0 Å². The zero-order valence-corrected chi connectivity index (χ0v) is 18.3. The normalized spacial score (nSPS) is 10.8. The van der Waals surface area contributed by atoms with Crippen LogP contribution in [0.3, 0.4) is 0 Å². The van der Waals surface area contributed by atoms with Crippen molar-refractivity contribution in [2.75, 3.05) is 18.5 Å². The number of ether oxygens (including phenoxy) is 2. The van der Waals surface area contributed by atoms with Crippen LogP contribution in [0.2, 0.25) is 0 Å². The number of hydrogen-bond acceptors (Lipinski definition) is 7. The van der Waals surface area contributed by atoms with Crippen LogP contribution in [-0.4, -0.2) is 31.1 Å². The van der Waals surface area contributed by atoms with E-state index in [-0.39, 0.29) is 34.4 Å². The summed E-state index contributed by atoms with van der Waals surface area (Å²) in [5.41, 5.74) is 2.87. The van der Waals surface area contributed by atoms with Crippen LogP contribution in [0.15, 0.2) is 22.6 Å². The minimum Gasteiger partial charge on any atom is -0.462 e. The lowest BCUT2D eigenvalue weighted by atomic mass is 10.1. The van der Waals surface area contributed by atoms with E-state index in [1.807, 2.05) is 25.1 Å². The molecule has 0 saturated carbocycles. The summed E-state index contributed by atoms with van der Waals surface area (Å²) in [5.74, 6) is -1.53. The predicted molar refractivity (Wildman–Crippen MR) is 115 cm³/mol. The first-order valence-corrected chi connectivity index (χ1v) is 10.4. The highest BCUT2D eigenvalue weighted by molar-refractivity contribution is 7.18. The van der Waals surface area contributed by atoms with E-state index in [1.165, 1.54) is 0 Å². The molecule has 0 aliphatic heterocycles. The standard InChI is InChI=1S/C22H23NO6S/c1-6-27-21(25)16-13(5)18(22(26)28-7-2)30-20(16)23-19(24)17-12(4)14-9-8-11(3)10-15(14)29-17/h8-10H,6-7H2,1-5H3,(H,23,24). The molecule has 2 heterocycles. The summed E-state index contributed by atoms with van der Waals surface area (Å²) in [5, 5.41) is 3.77. The Balaban J connectivity index is 2.01. The van der Waals surface area contributed by atoms with Gasteiger partial charge in [0.15, 0.2) is 5.76 Å². The monoisotopic (exact) mass is 429 g/mol. The van der Waals surface area contributed by atoms with Gasteiger partial charge < -0.3 is 19.2 Å². The van der Waals surface area contributed by atoms with Crippen LogP contribution in [0, 0.1) is 20.8 Å². The molecule has 0 aliphatic carbocycles. The molecule has 0 fully saturated rings. The van der Waals surface area contributed by atoms with E-state index in [0.29, 0.717) is 16.7 Å². The summed E-state index contributed by atoms with van der Waals surface area (Å²) in [4.78, 5) is 38.0. The van der Waals surface area contributed by atoms with Gasteiger partial charge in [-0.25, -0.2) is 9.59 Å². The predicted octanol–water partition coefficient (Wildman–Crippen LogP) is 5.03. The van der Waals surface area contributed by atoms with Gasteiger partial charge in [-0.1, -0.05) is 12.1 Å². The Hall–Kier alpha value is -3.13. The third-order valence-corrected chi connectivity index (χ3v) is 5.80. The number of amides is 1. The SMILES string of the molecule is CCOC(=O)c1sc(NC(=O)c2oc3cc(C)ccc3c2C)c(C(=O)OCC)c1C. The Morgan fingerprint density at radius 3 is 2.33 bits per heavy atom. The molecule has 0 spiro atoms. The zero-order valence-electron chi connectivity index (χ0n) is 17.5. The maximum atomic E-state index is 13.0. The smallest absolute Gasteiger partial charge is 0.348 e. The van der Waals surface area contributed by atoms with Gasteiger partial charge in [0.05, 0.1) is 18.8 Å². The molecule has 0 saturated heterocycles. The fourth-order valence-electron chi connectivity index (χ4n) is 3.15. The van der Waals surface area contributed by atoms with E-state index in [2.05, 4.69) is 5.32 Å². The second-order valence-electron chi connectivity index (χ2n) is 6.71. The van der Waals surface area contributed by atoms with Crippen molar-refractivity contribution < 1.29 is 28.3 Å². The summed E-state index contributed by atoms with van der Waals surface area (Å²) in [6.07, 6.45) is 0. The van der Waals surface area contributed by atoms with Gasteiger partial charge in [-0.05, 0) is 51.8 Å². The van der Waals surface area contributed by atoms with Gasteiger partial charge in [-0.3, -0.25) is 4.79 Å². The molecule has 2 aromatic heterocycles. The first-order valence-electron chi connectivity index (χ1n) is 9.57. The number of carbonyl (C=O) groups excluding carboxylic acids is 3. The molecule has 0 aliphatic rings. The van der Waals surface area contributed by atoms with Crippen molar-refractivity contribution in [3.63, 3.8) is 0 Å². The average molecular weight is 429 g/mol. The van der Waals surface area contributed by atoms with E-state index in [4.69, 9.17) is 13.9 Å². The number of benzene rings is 1. The van der Waals surface area contributed by atoms with E-state index in [0.717, 1.165) is 22.3 Å². The number of aryl methyl sites for hydroxylation is 2. The highest BCUT2D eigenvalue weighted by Crippen LogP contribution is 2.35. The number of fused-ring (bicyclic) bond motifs is 1. The average Bonchev–Trinajstić information content (AvgIpc) is 3.19. The lowest BCUT2D eigenvalue weighted by Crippen LogP contribution is -2.15. The summed E-state index contributed by atoms with van der Waals surface area (Å²) in [6, 6.07) is 5.70. The molecule has 0 atom stereocenters. The molecule has 8 heteroatoms. The van der Waals surface area contributed by atoms with Crippen molar-refractivity contribution in [1.82, 2.24) is 0 Å². The van der Waals surface area contributed by atoms with Crippen molar-refractivity contribution >= 4 is 45.2 Å². The maximum Gasteiger partial charge on any atom is 0.348 e. The van der Waals surface area contributed by atoms with Gasteiger partial charge in [0.2, 0.25) is 0 Å². The van der Waals surface area contributed by atoms with Gasteiger partial charge in [-0.2, -0.15) is 0 Å². The van der Waals surface area contributed by atoms with E-state index < -0.39 is 17.8 Å². The second kappa shape index (κ2) is 8.71. The zero-order chi connectivity index (χ0) is 22.0. The summed E-state index contributed by atoms with van der Waals surface area (Å²) in [7, 11) is 0. The summed E-state index contributed by atoms with van der Waals surface area (Å²) >= 11 is 0.978. The molecule has 0 bridgehead atoms. The Kier molecular flexibility index (Phi) is 6.26. The van der Waals surface area contributed by atoms with E-state index >= 15 is 0 Å². The molecule has 30 heavy (non-hydrogen) atoms. The van der Waals surface area contributed by atoms with Crippen molar-refractivity contribution in [2.24, 2.45) is 0 Å². The Morgan fingerprint density at radius 2 is 1.67 bits per heavy atom. The van der Waals surface area contributed by atoms with Crippen LogP contribution < -0.4 is 5.32 Å². The molecule has 1 N–H and O–H groups in total. The van der Waals surface area contributed by atoms with Crippen LogP contribution in [0.5, 0.6) is 0 Å². The number of thiophene rings is 1. The lowest BCUT2D eigenvalue weighted by molar-refractivity contribution is 0.0527.